The molecule has 0 atom stereocenters. The summed E-state index contributed by atoms with van der Waals surface area (Å²) in [6.07, 6.45) is 0.397. The standard InChI is InChI=1S/C29H30N4O3/c1-6-26(35)30-23-15-13-21(14-16-23)27-28(22-10-8-11-24(18-22)32(4)5)31-33(29(27)36-20(3)34)25-12-7-9-19(2)17-25/h7-18H,6H2,1-5H3,(H,30,35). The molecule has 0 aliphatic rings. The number of rotatable bonds is 7. The van der Waals surface area contributed by atoms with E-state index in [4.69, 9.17) is 9.84 Å². The molecule has 0 bridgehead atoms. The lowest BCUT2D eigenvalue weighted by Gasteiger charge is -2.13. The molecule has 0 aliphatic carbocycles. The lowest BCUT2D eigenvalue weighted by Crippen LogP contribution is -2.09. The Kier molecular flexibility index (Phi) is 7.20. The maximum atomic E-state index is 12.2. The molecule has 1 heterocycles. The van der Waals surface area contributed by atoms with E-state index in [0.717, 1.165) is 28.1 Å². The molecule has 184 valence electrons. The van der Waals surface area contributed by atoms with E-state index in [0.29, 0.717) is 29.2 Å². The highest BCUT2D eigenvalue weighted by atomic mass is 16.5. The quantitative estimate of drug-likeness (QED) is 0.334. The zero-order chi connectivity index (χ0) is 25.8. The van der Waals surface area contributed by atoms with Crippen molar-refractivity contribution in [3.05, 3.63) is 78.4 Å². The topological polar surface area (TPSA) is 76.5 Å². The minimum Gasteiger partial charge on any atom is -0.407 e. The SMILES string of the molecule is CCC(=O)Nc1ccc(-c2c(-c3cccc(N(C)C)c3)nn(-c3cccc(C)c3)c2OC(C)=O)cc1. The Morgan fingerprint density at radius 1 is 0.972 bits per heavy atom. The Balaban J connectivity index is 1.96. The van der Waals surface area contributed by atoms with Crippen molar-refractivity contribution in [2.45, 2.75) is 27.2 Å². The molecule has 4 rings (SSSR count). The minimum atomic E-state index is -0.439. The summed E-state index contributed by atoms with van der Waals surface area (Å²) in [5.74, 6) is -0.161. The summed E-state index contributed by atoms with van der Waals surface area (Å²) >= 11 is 0. The fourth-order valence-electron chi connectivity index (χ4n) is 3.93. The number of benzene rings is 3. The van der Waals surface area contributed by atoms with Crippen LogP contribution in [-0.2, 0) is 9.59 Å². The molecule has 7 heteroatoms. The van der Waals surface area contributed by atoms with Crippen LogP contribution in [0.4, 0.5) is 11.4 Å². The van der Waals surface area contributed by atoms with Gasteiger partial charge in [-0.05, 0) is 54.4 Å². The van der Waals surface area contributed by atoms with Crippen molar-refractivity contribution in [2.75, 3.05) is 24.3 Å². The van der Waals surface area contributed by atoms with Gasteiger partial charge in [-0.2, -0.15) is 9.78 Å². The van der Waals surface area contributed by atoms with Crippen LogP contribution >= 0.6 is 0 Å². The second-order valence-corrected chi connectivity index (χ2v) is 8.80. The maximum Gasteiger partial charge on any atom is 0.309 e. The number of aryl methyl sites for hydroxylation is 1. The van der Waals surface area contributed by atoms with Crippen molar-refractivity contribution in [1.82, 2.24) is 9.78 Å². The van der Waals surface area contributed by atoms with Crippen molar-refractivity contribution in [2.24, 2.45) is 0 Å². The average Bonchev–Trinajstić information content (AvgIpc) is 3.23. The van der Waals surface area contributed by atoms with Crippen molar-refractivity contribution < 1.29 is 14.3 Å². The van der Waals surface area contributed by atoms with Gasteiger partial charge in [-0.3, -0.25) is 9.59 Å². The third kappa shape index (κ3) is 5.30. The van der Waals surface area contributed by atoms with Gasteiger partial charge in [0.1, 0.15) is 5.69 Å². The summed E-state index contributed by atoms with van der Waals surface area (Å²) in [5.41, 5.74) is 6.64. The molecule has 3 aromatic carbocycles. The van der Waals surface area contributed by atoms with Gasteiger partial charge in [-0.15, -0.1) is 0 Å². The number of hydrogen-bond donors (Lipinski definition) is 1. The molecule has 7 nitrogen and oxygen atoms in total. The molecular formula is C29H30N4O3. The second kappa shape index (κ2) is 10.5. The van der Waals surface area contributed by atoms with Gasteiger partial charge in [0.05, 0.1) is 11.3 Å². The van der Waals surface area contributed by atoms with Crippen LogP contribution in [0.5, 0.6) is 5.88 Å². The third-order valence-corrected chi connectivity index (χ3v) is 5.74. The number of nitrogens with zero attached hydrogens (tertiary/aromatic N) is 3. The van der Waals surface area contributed by atoms with E-state index in [1.165, 1.54) is 6.92 Å². The summed E-state index contributed by atoms with van der Waals surface area (Å²) in [6, 6.07) is 23.4. The molecule has 0 radical (unpaired) electrons. The molecule has 0 unspecified atom stereocenters. The number of amides is 1. The van der Waals surface area contributed by atoms with Gasteiger partial charge in [0, 0.05) is 44.4 Å². The van der Waals surface area contributed by atoms with E-state index in [1.807, 2.05) is 99.6 Å². The summed E-state index contributed by atoms with van der Waals surface area (Å²) < 4.78 is 7.47. The molecule has 0 fully saturated rings. The summed E-state index contributed by atoms with van der Waals surface area (Å²) in [5, 5.41) is 7.83. The first-order valence-corrected chi connectivity index (χ1v) is 11.8. The van der Waals surface area contributed by atoms with E-state index >= 15 is 0 Å². The number of carbonyl (C=O) groups excluding carboxylic acids is 2. The van der Waals surface area contributed by atoms with E-state index < -0.39 is 5.97 Å². The zero-order valence-corrected chi connectivity index (χ0v) is 21.2. The molecule has 4 aromatic rings. The van der Waals surface area contributed by atoms with Gasteiger partial charge in [0.25, 0.3) is 0 Å². The highest BCUT2D eigenvalue weighted by Gasteiger charge is 2.25. The molecule has 1 N–H and O–H groups in total. The molecule has 36 heavy (non-hydrogen) atoms. The Morgan fingerprint density at radius 2 is 1.69 bits per heavy atom. The molecule has 1 aromatic heterocycles. The van der Waals surface area contributed by atoms with Crippen molar-refractivity contribution >= 4 is 23.3 Å². The number of hydrogen-bond acceptors (Lipinski definition) is 5. The van der Waals surface area contributed by atoms with E-state index in [-0.39, 0.29) is 5.91 Å². The van der Waals surface area contributed by atoms with Gasteiger partial charge in [0.2, 0.25) is 11.8 Å². The minimum absolute atomic E-state index is 0.0585. The maximum absolute atomic E-state index is 12.2. The first-order valence-electron chi connectivity index (χ1n) is 11.8. The van der Waals surface area contributed by atoms with E-state index in [2.05, 4.69) is 11.4 Å². The van der Waals surface area contributed by atoms with Crippen LogP contribution in [0, 0.1) is 6.92 Å². The van der Waals surface area contributed by atoms with Gasteiger partial charge in [0.15, 0.2) is 0 Å². The third-order valence-electron chi connectivity index (χ3n) is 5.74. The van der Waals surface area contributed by atoms with Crippen molar-refractivity contribution in [3.63, 3.8) is 0 Å². The van der Waals surface area contributed by atoms with Crippen LogP contribution in [0.2, 0.25) is 0 Å². The fraction of sp³-hybridized carbons (Fsp3) is 0.207. The number of esters is 1. The number of nitrogens with one attached hydrogen (secondary N) is 1. The first-order chi connectivity index (χ1) is 17.3. The van der Waals surface area contributed by atoms with Crippen LogP contribution < -0.4 is 15.0 Å². The van der Waals surface area contributed by atoms with Crippen LogP contribution in [0.1, 0.15) is 25.8 Å². The number of carbonyl (C=O) groups is 2. The van der Waals surface area contributed by atoms with Crippen LogP contribution in [0.25, 0.3) is 28.1 Å². The molecule has 0 spiro atoms. The lowest BCUT2D eigenvalue weighted by atomic mass is 10.0. The average molecular weight is 483 g/mol. The number of anilines is 2. The largest absolute Gasteiger partial charge is 0.407 e. The van der Waals surface area contributed by atoms with E-state index in [1.54, 1.807) is 4.68 Å². The van der Waals surface area contributed by atoms with Crippen LogP contribution in [0.15, 0.2) is 72.8 Å². The summed E-state index contributed by atoms with van der Waals surface area (Å²) in [4.78, 5) is 26.1. The summed E-state index contributed by atoms with van der Waals surface area (Å²) in [7, 11) is 3.97. The fourth-order valence-corrected chi connectivity index (χ4v) is 3.93. The molecule has 1 amide bonds. The van der Waals surface area contributed by atoms with Crippen molar-refractivity contribution in [1.29, 1.82) is 0 Å². The molecular weight excluding hydrogens is 452 g/mol. The lowest BCUT2D eigenvalue weighted by molar-refractivity contribution is -0.132. The molecule has 0 aliphatic heterocycles. The zero-order valence-electron chi connectivity index (χ0n) is 21.2. The predicted molar refractivity (Wildman–Crippen MR) is 144 cm³/mol. The number of aromatic nitrogens is 2. The molecule has 0 saturated heterocycles. The Hall–Kier alpha value is -4.39. The smallest absolute Gasteiger partial charge is 0.309 e. The van der Waals surface area contributed by atoms with Gasteiger partial charge in [-0.25, -0.2) is 0 Å². The van der Waals surface area contributed by atoms with Crippen LogP contribution in [0.3, 0.4) is 0 Å². The highest BCUT2D eigenvalue weighted by molar-refractivity contribution is 5.92. The predicted octanol–water partition coefficient (Wildman–Crippen LogP) is 5.85. The number of ether oxygens (including phenoxy) is 1. The highest BCUT2D eigenvalue weighted by Crippen LogP contribution is 2.42. The molecule has 0 saturated carbocycles. The summed E-state index contributed by atoms with van der Waals surface area (Å²) in [6.45, 7) is 5.19. The van der Waals surface area contributed by atoms with Gasteiger partial charge in [-0.1, -0.05) is 43.3 Å². The van der Waals surface area contributed by atoms with Crippen molar-refractivity contribution in [3.8, 4) is 34.0 Å². The first kappa shape index (κ1) is 24.7. The van der Waals surface area contributed by atoms with Gasteiger partial charge >= 0.3 is 5.97 Å². The van der Waals surface area contributed by atoms with Crippen LogP contribution in [-0.4, -0.2) is 35.8 Å². The monoisotopic (exact) mass is 482 g/mol. The van der Waals surface area contributed by atoms with Gasteiger partial charge < -0.3 is 15.0 Å². The second-order valence-electron chi connectivity index (χ2n) is 8.80. The Labute approximate surface area is 211 Å². The Bertz CT molecular complexity index is 1400. The van der Waals surface area contributed by atoms with E-state index in [9.17, 15) is 9.59 Å². The Morgan fingerprint density at radius 3 is 2.33 bits per heavy atom. The normalized spacial score (nSPS) is 10.7.